The van der Waals surface area contributed by atoms with Crippen LogP contribution in [0, 0.1) is 0 Å². The van der Waals surface area contributed by atoms with Crippen molar-refractivity contribution in [1.82, 2.24) is 5.48 Å². The van der Waals surface area contributed by atoms with Crippen LogP contribution in [0.5, 0.6) is 0 Å². The van der Waals surface area contributed by atoms with Gasteiger partial charge in [-0.05, 0) is 31.0 Å². The first kappa shape index (κ1) is 18.5. The summed E-state index contributed by atoms with van der Waals surface area (Å²) in [5, 5.41) is 0. The molecule has 1 saturated heterocycles. The van der Waals surface area contributed by atoms with Gasteiger partial charge in [-0.3, -0.25) is 4.79 Å². The van der Waals surface area contributed by atoms with E-state index in [1.807, 2.05) is 5.48 Å². The Morgan fingerprint density at radius 2 is 1.62 bits per heavy atom. The summed E-state index contributed by atoms with van der Waals surface area (Å²) in [4.78, 5) is 16.7. The summed E-state index contributed by atoms with van der Waals surface area (Å²) in [6.07, 6.45) is -8.81. The molecule has 10 heteroatoms. The van der Waals surface area contributed by atoms with Gasteiger partial charge in [-0.2, -0.15) is 26.3 Å². The molecule has 0 radical (unpaired) electrons. The number of rotatable bonds is 3. The largest absolute Gasteiger partial charge is 0.416 e. The highest BCUT2D eigenvalue weighted by Crippen LogP contribution is 2.36. The fourth-order valence-corrected chi connectivity index (χ4v) is 2.07. The topological polar surface area (TPSA) is 47.6 Å². The fraction of sp³-hybridized carbons (Fsp3) is 0.500. The Labute approximate surface area is 132 Å². The van der Waals surface area contributed by atoms with Gasteiger partial charge in [-0.1, -0.05) is 0 Å². The highest BCUT2D eigenvalue weighted by molar-refractivity contribution is 5.94. The van der Waals surface area contributed by atoms with E-state index in [4.69, 9.17) is 9.57 Å². The van der Waals surface area contributed by atoms with Crippen molar-refractivity contribution in [3.63, 3.8) is 0 Å². The van der Waals surface area contributed by atoms with Gasteiger partial charge in [0.25, 0.3) is 5.91 Å². The molecule has 0 unspecified atom stereocenters. The standard InChI is InChI=1S/C14H13F6NO3/c15-13(16,17)9-5-8(6-10(7-9)14(18,19)20)12(22)21-24-11-3-1-2-4-23-11/h5-7,11H,1-4H2,(H,21,22)/t11-/m0/s1. The Hall–Kier alpha value is -1.81. The maximum atomic E-state index is 12.7. The number of alkyl halides is 6. The first-order valence-electron chi connectivity index (χ1n) is 6.94. The van der Waals surface area contributed by atoms with Crippen molar-refractivity contribution in [3.05, 3.63) is 34.9 Å². The molecular formula is C14H13F6NO3. The summed E-state index contributed by atoms with van der Waals surface area (Å²) in [6.45, 7) is 0.391. The van der Waals surface area contributed by atoms with Crippen molar-refractivity contribution in [2.24, 2.45) is 0 Å². The Bertz CT molecular complexity index is 561. The fourth-order valence-electron chi connectivity index (χ4n) is 2.07. The van der Waals surface area contributed by atoms with Gasteiger partial charge in [0.15, 0.2) is 6.29 Å². The number of carbonyl (C=O) groups is 1. The number of carbonyl (C=O) groups excluding carboxylic acids is 1. The Kier molecular flexibility index (Phi) is 5.38. The van der Waals surface area contributed by atoms with Crippen molar-refractivity contribution >= 4 is 5.91 Å². The van der Waals surface area contributed by atoms with Gasteiger partial charge in [-0.15, -0.1) is 0 Å². The van der Waals surface area contributed by atoms with Crippen LogP contribution in [0.3, 0.4) is 0 Å². The third-order valence-electron chi connectivity index (χ3n) is 3.27. The lowest BCUT2D eigenvalue weighted by Gasteiger charge is -2.22. The van der Waals surface area contributed by atoms with E-state index in [9.17, 15) is 31.1 Å². The summed E-state index contributed by atoms with van der Waals surface area (Å²) in [5.41, 5.74) is -2.13. The van der Waals surface area contributed by atoms with Gasteiger partial charge in [0.1, 0.15) is 0 Å². The zero-order valence-electron chi connectivity index (χ0n) is 12.1. The minimum atomic E-state index is -5.02. The van der Waals surface area contributed by atoms with Crippen LogP contribution in [0.15, 0.2) is 18.2 Å². The molecule has 1 fully saturated rings. The van der Waals surface area contributed by atoms with E-state index in [0.717, 1.165) is 12.8 Å². The number of nitrogens with one attached hydrogen (secondary N) is 1. The number of hydrogen-bond acceptors (Lipinski definition) is 3. The molecule has 1 aromatic rings. The van der Waals surface area contributed by atoms with Crippen molar-refractivity contribution in [3.8, 4) is 0 Å². The molecule has 1 aliphatic rings. The van der Waals surface area contributed by atoms with Crippen LogP contribution in [0.1, 0.15) is 40.7 Å². The number of ether oxygens (including phenoxy) is 1. The number of hydroxylamine groups is 1. The second kappa shape index (κ2) is 6.98. The quantitative estimate of drug-likeness (QED) is 0.659. The molecule has 4 nitrogen and oxygen atoms in total. The lowest BCUT2D eigenvalue weighted by atomic mass is 10.0. The Balaban J connectivity index is 2.19. The van der Waals surface area contributed by atoms with E-state index in [-0.39, 0.29) is 6.07 Å². The molecule has 0 bridgehead atoms. The van der Waals surface area contributed by atoms with Crippen LogP contribution >= 0.6 is 0 Å². The minimum absolute atomic E-state index is 0.0537. The normalized spacial score (nSPS) is 19.2. The molecule has 134 valence electrons. The molecule has 0 saturated carbocycles. The molecule has 0 aliphatic carbocycles. The molecule has 1 aliphatic heterocycles. The number of halogens is 6. The molecule has 24 heavy (non-hydrogen) atoms. The van der Waals surface area contributed by atoms with Gasteiger partial charge >= 0.3 is 12.4 Å². The third kappa shape index (κ3) is 4.84. The van der Waals surface area contributed by atoms with E-state index in [1.165, 1.54) is 0 Å². The van der Waals surface area contributed by atoms with Gasteiger partial charge in [-0.25, -0.2) is 10.3 Å². The first-order valence-corrected chi connectivity index (χ1v) is 6.94. The van der Waals surface area contributed by atoms with Gasteiger partial charge < -0.3 is 4.74 Å². The second-order valence-corrected chi connectivity index (χ2v) is 5.14. The average molecular weight is 357 g/mol. The Morgan fingerprint density at radius 3 is 2.08 bits per heavy atom. The lowest BCUT2D eigenvalue weighted by Crippen LogP contribution is -2.33. The predicted molar refractivity (Wildman–Crippen MR) is 68.6 cm³/mol. The summed E-state index contributed by atoms with van der Waals surface area (Å²) >= 11 is 0. The SMILES string of the molecule is O=C(NO[C@H]1CCCCO1)c1cc(C(F)(F)F)cc(C(F)(F)F)c1. The van der Waals surface area contributed by atoms with Crippen LogP contribution in [0.4, 0.5) is 26.3 Å². The average Bonchev–Trinajstić information content (AvgIpc) is 2.51. The molecule has 1 N–H and O–H groups in total. The van der Waals surface area contributed by atoms with Crippen LogP contribution in [0.2, 0.25) is 0 Å². The minimum Gasteiger partial charge on any atom is -0.350 e. The Morgan fingerprint density at radius 1 is 1.04 bits per heavy atom. The van der Waals surface area contributed by atoms with E-state index >= 15 is 0 Å². The van der Waals surface area contributed by atoms with Crippen molar-refractivity contribution < 1.29 is 40.7 Å². The number of amides is 1. The smallest absolute Gasteiger partial charge is 0.350 e. The summed E-state index contributed by atoms with van der Waals surface area (Å²) in [7, 11) is 0. The molecule has 1 heterocycles. The molecule has 1 atom stereocenters. The highest BCUT2D eigenvalue weighted by Gasteiger charge is 2.37. The van der Waals surface area contributed by atoms with Crippen molar-refractivity contribution in [2.75, 3.05) is 6.61 Å². The van der Waals surface area contributed by atoms with E-state index in [0.29, 0.717) is 25.2 Å². The molecule has 2 rings (SSSR count). The lowest BCUT2D eigenvalue weighted by molar-refractivity contribution is -0.186. The maximum Gasteiger partial charge on any atom is 0.416 e. The van der Waals surface area contributed by atoms with E-state index < -0.39 is 41.2 Å². The third-order valence-corrected chi connectivity index (χ3v) is 3.27. The zero-order valence-corrected chi connectivity index (χ0v) is 12.1. The van der Waals surface area contributed by atoms with Crippen molar-refractivity contribution in [2.45, 2.75) is 37.9 Å². The van der Waals surface area contributed by atoms with E-state index in [2.05, 4.69) is 0 Å². The first-order chi connectivity index (χ1) is 11.1. The number of hydrogen-bond donors (Lipinski definition) is 1. The summed E-state index contributed by atoms with van der Waals surface area (Å²) < 4.78 is 81.5. The molecule has 0 spiro atoms. The van der Waals surface area contributed by atoms with Gasteiger partial charge in [0, 0.05) is 18.6 Å². The second-order valence-electron chi connectivity index (χ2n) is 5.14. The molecule has 1 amide bonds. The highest BCUT2D eigenvalue weighted by atomic mass is 19.4. The van der Waals surface area contributed by atoms with Gasteiger partial charge in [0.2, 0.25) is 0 Å². The zero-order chi connectivity index (χ0) is 18.0. The van der Waals surface area contributed by atoms with Crippen LogP contribution in [-0.2, 0) is 21.9 Å². The molecule has 1 aromatic carbocycles. The summed E-state index contributed by atoms with van der Waals surface area (Å²) in [6, 6.07) is 0.604. The van der Waals surface area contributed by atoms with Crippen LogP contribution in [-0.4, -0.2) is 18.8 Å². The molecular weight excluding hydrogens is 344 g/mol. The monoisotopic (exact) mass is 357 g/mol. The van der Waals surface area contributed by atoms with Crippen molar-refractivity contribution in [1.29, 1.82) is 0 Å². The van der Waals surface area contributed by atoms with Crippen LogP contribution < -0.4 is 5.48 Å². The number of benzene rings is 1. The van der Waals surface area contributed by atoms with Crippen LogP contribution in [0.25, 0.3) is 0 Å². The predicted octanol–water partition coefficient (Wildman–Crippen LogP) is 3.91. The summed E-state index contributed by atoms with van der Waals surface area (Å²) in [5.74, 6) is -1.22. The van der Waals surface area contributed by atoms with Gasteiger partial charge in [0.05, 0.1) is 11.1 Å². The maximum absolute atomic E-state index is 12.7. The van der Waals surface area contributed by atoms with E-state index in [1.54, 1.807) is 0 Å². The molecule has 0 aromatic heterocycles.